The summed E-state index contributed by atoms with van der Waals surface area (Å²) < 4.78 is 0. The fraction of sp³-hybridized carbons (Fsp3) is 0.240. The molecule has 1 amide bonds. The second-order valence-corrected chi connectivity index (χ2v) is 7.17. The second-order valence-electron chi connectivity index (χ2n) is 7.17. The first-order chi connectivity index (χ1) is 14.6. The molecule has 154 valence electrons. The van der Waals surface area contributed by atoms with Crippen molar-refractivity contribution < 1.29 is 14.7 Å². The number of nitrogens with zero attached hydrogens (tertiary/aromatic N) is 1. The van der Waals surface area contributed by atoms with Crippen molar-refractivity contribution in [3.63, 3.8) is 0 Å². The number of aromatic nitrogens is 1. The van der Waals surface area contributed by atoms with Gasteiger partial charge in [0.1, 0.15) is 0 Å². The van der Waals surface area contributed by atoms with Gasteiger partial charge >= 0.3 is 0 Å². The molecule has 0 saturated heterocycles. The van der Waals surface area contributed by atoms with Crippen molar-refractivity contribution in [1.82, 2.24) is 10.3 Å². The lowest BCUT2D eigenvalue weighted by atomic mass is 9.99. The molecule has 1 heterocycles. The van der Waals surface area contributed by atoms with E-state index >= 15 is 0 Å². The van der Waals surface area contributed by atoms with E-state index in [1.807, 2.05) is 49.4 Å². The molecule has 1 aromatic carbocycles. The van der Waals surface area contributed by atoms with E-state index in [9.17, 15) is 14.7 Å². The van der Waals surface area contributed by atoms with Crippen LogP contribution in [0.25, 0.3) is 5.57 Å². The average molecular weight is 402 g/mol. The highest BCUT2D eigenvalue weighted by atomic mass is 16.3. The molecule has 2 aromatic rings. The highest BCUT2D eigenvalue weighted by Gasteiger charge is 2.11. The molecule has 0 aliphatic heterocycles. The molecule has 0 spiro atoms. The van der Waals surface area contributed by atoms with Crippen LogP contribution in [-0.4, -0.2) is 21.8 Å². The molecule has 0 radical (unpaired) electrons. The maximum atomic E-state index is 12.4. The molecule has 0 fully saturated rings. The Morgan fingerprint density at radius 1 is 1.13 bits per heavy atom. The highest BCUT2D eigenvalue weighted by Crippen LogP contribution is 2.25. The van der Waals surface area contributed by atoms with E-state index in [0.29, 0.717) is 24.3 Å². The topological polar surface area (TPSA) is 79.3 Å². The Morgan fingerprint density at radius 3 is 2.63 bits per heavy atom. The summed E-state index contributed by atoms with van der Waals surface area (Å²) in [6.07, 6.45) is 10.9. The summed E-state index contributed by atoms with van der Waals surface area (Å²) in [6, 6.07) is 11.1. The van der Waals surface area contributed by atoms with Gasteiger partial charge in [-0.3, -0.25) is 14.6 Å². The van der Waals surface area contributed by atoms with Crippen molar-refractivity contribution in [3.05, 3.63) is 95.0 Å². The molecule has 0 atom stereocenters. The Labute approximate surface area is 176 Å². The van der Waals surface area contributed by atoms with Gasteiger partial charge in [0.05, 0.1) is 5.76 Å². The van der Waals surface area contributed by atoms with Crippen molar-refractivity contribution in [1.29, 1.82) is 0 Å². The summed E-state index contributed by atoms with van der Waals surface area (Å²) in [4.78, 5) is 28.5. The van der Waals surface area contributed by atoms with Crippen LogP contribution < -0.4 is 5.32 Å². The predicted octanol–water partition coefficient (Wildman–Crippen LogP) is 4.93. The molecule has 3 rings (SSSR count). The van der Waals surface area contributed by atoms with Crippen LogP contribution in [0.15, 0.2) is 78.4 Å². The van der Waals surface area contributed by atoms with Gasteiger partial charge in [-0.2, -0.15) is 0 Å². The number of carbonyl (C=O) groups excluding carboxylic acids is 2. The zero-order chi connectivity index (χ0) is 21.3. The van der Waals surface area contributed by atoms with Gasteiger partial charge in [-0.15, -0.1) is 0 Å². The number of rotatable bonds is 8. The lowest BCUT2D eigenvalue weighted by Gasteiger charge is -2.07. The number of amides is 1. The van der Waals surface area contributed by atoms with Crippen molar-refractivity contribution in [2.45, 2.75) is 39.2 Å². The van der Waals surface area contributed by atoms with Gasteiger partial charge in [0.25, 0.3) is 0 Å². The van der Waals surface area contributed by atoms with Crippen LogP contribution in [-0.2, 0) is 11.3 Å². The standard InChI is InChI=1S/C25H26N2O3/c1-2-19-15-22(6-3-7-23(19)28)20-8-10-21(11-9-20)24(29)12-13-25(30)27-17-18-5-4-14-26-16-18/h3-6,8-11,14-16,28H,2,7,12-13,17H2,1H3,(H,27,30). The number of pyridine rings is 1. The molecular weight excluding hydrogens is 376 g/mol. The summed E-state index contributed by atoms with van der Waals surface area (Å²) in [7, 11) is 0. The van der Waals surface area contributed by atoms with E-state index < -0.39 is 0 Å². The minimum atomic E-state index is -0.156. The van der Waals surface area contributed by atoms with E-state index in [1.165, 1.54) is 0 Å². The number of hydrogen-bond acceptors (Lipinski definition) is 4. The number of ketones is 1. The summed E-state index contributed by atoms with van der Waals surface area (Å²) >= 11 is 0. The van der Waals surface area contributed by atoms with Gasteiger partial charge in [0.2, 0.25) is 5.91 Å². The number of hydrogen-bond donors (Lipinski definition) is 2. The Hall–Kier alpha value is -3.47. The zero-order valence-corrected chi connectivity index (χ0v) is 17.1. The summed E-state index contributed by atoms with van der Waals surface area (Å²) in [6.45, 7) is 2.42. The zero-order valence-electron chi connectivity index (χ0n) is 17.1. The third-order valence-corrected chi connectivity index (χ3v) is 5.02. The molecule has 1 aliphatic carbocycles. The molecule has 0 unspecified atom stereocenters. The van der Waals surface area contributed by atoms with Crippen LogP contribution in [0, 0.1) is 0 Å². The third kappa shape index (κ3) is 5.77. The number of allylic oxidation sites excluding steroid dienone is 5. The molecule has 0 bridgehead atoms. The molecule has 1 aromatic heterocycles. The number of benzene rings is 1. The summed E-state index contributed by atoms with van der Waals surface area (Å²) in [5, 5.41) is 12.8. The Morgan fingerprint density at radius 2 is 1.93 bits per heavy atom. The maximum Gasteiger partial charge on any atom is 0.220 e. The van der Waals surface area contributed by atoms with Gasteiger partial charge < -0.3 is 10.4 Å². The number of aliphatic hydroxyl groups is 1. The lowest BCUT2D eigenvalue weighted by molar-refractivity contribution is -0.121. The summed E-state index contributed by atoms with van der Waals surface area (Å²) in [5.74, 6) is 0.184. The molecule has 30 heavy (non-hydrogen) atoms. The highest BCUT2D eigenvalue weighted by molar-refractivity contribution is 5.98. The quantitative estimate of drug-likeness (QED) is 0.614. The van der Waals surface area contributed by atoms with Gasteiger partial charge in [-0.05, 0) is 40.8 Å². The minimum Gasteiger partial charge on any atom is -0.512 e. The van der Waals surface area contributed by atoms with Crippen molar-refractivity contribution in [2.24, 2.45) is 0 Å². The summed E-state index contributed by atoms with van der Waals surface area (Å²) in [5.41, 5.74) is 4.42. The van der Waals surface area contributed by atoms with Gasteiger partial charge in [-0.1, -0.05) is 49.4 Å². The number of nitrogens with one attached hydrogen (secondary N) is 1. The van der Waals surface area contributed by atoms with Gasteiger partial charge in [0, 0.05) is 43.8 Å². The number of Topliss-reactive ketones (excluding diaryl/α,β-unsaturated/α-hetero) is 1. The fourth-order valence-electron chi connectivity index (χ4n) is 3.25. The van der Waals surface area contributed by atoms with Gasteiger partial charge in [-0.25, -0.2) is 0 Å². The Balaban J connectivity index is 1.55. The molecule has 0 saturated carbocycles. The average Bonchev–Trinajstić information content (AvgIpc) is 2.98. The second kappa shape index (κ2) is 10.3. The molecule has 5 nitrogen and oxygen atoms in total. The van der Waals surface area contributed by atoms with Gasteiger partial charge in [0.15, 0.2) is 5.78 Å². The number of carbonyl (C=O) groups is 2. The predicted molar refractivity (Wildman–Crippen MR) is 118 cm³/mol. The van der Waals surface area contributed by atoms with Crippen molar-refractivity contribution in [3.8, 4) is 0 Å². The number of aliphatic hydroxyl groups excluding tert-OH is 1. The van der Waals surface area contributed by atoms with Crippen molar-refractivity contribution >= 4 is 17.3 Å². The first-order valence-electron chi connectivity index (χ1n) is 10.1. The van der Waals surface area contributed by atoms with Crippen LogP contribution in [0.4, 0.5) is 0 Å². The van der Waals surface area contributed by atoms with Crippen LogP contribution in [0.2, 0.25) is 0 Å². The molecular formula is C25H26N2O3. The van der Waals surface area contributed by atoms with E-state index in [0.717, 1.165) is 28.7 Å². The van der Waals surface area contributed by atoms with Crippen LogP contribution in [0.3, 0.4) is 0 Å². The Kier molecular flexibility index (Phi) is 7.33. The SMILES string of the molecule is CCC1=C(O)CC=CC(c2ccc(C(=O)CCC(=O)NCc3cccnc3)cc2)=C1. The van der Waals surface area contributed by atoms with Crippen molar-refractivity contribution in [2.75, 3.05) is 0 Å². The smallest absolute Gasteiger partial charge is 0.220 e. The fourth-order valence-corrected chi connectivity index (χ4v) is 3.25. The van der Waals surface area contributed by atoms with Crippen LogP contribution >= 0.6 is 0 Å². The largest absolute Gasteiger partial charge is 0.512 e. The Bertz CT molecular complexity index is 987. The normalized spacial score (nSPS) is 13.6. The first kappa shape index (κ1) is 21.2. The monoisotopic (exact) mass is 402 g/mol. The van der Waals surface area contributed by atoms with E-state index in [2.05, 4.69) is 10.3 Å². The molecule has 2 N–H and O–H groups in total. The molecule has 5 heteroatoms. The third-order valence-electron chi connectivity index (χ3n) is 5.02. The first-order valence-corrected chi connectivity index (χ1v) is 10.1. The van der Waals surface area contributed by atoms with E-state index in [-0.39, 0.29) is 24.5 Å². The molecule has 1 aliphatic rings. The van der Waals surface area contributed by atoms with E-state index in [1.54, 1.807) is 24.5 Å². The van der Waals surface area contributed by atoms with Crippen LogP contribution in [0.5, 0.6) is 0 Å². The lowest BCUT2D eigenvalue weighted by Crippen LogP contribution is -2.23. The van der Waals surface area contributed by atoms with Crippen LogP contribution in [0.1, 0.15) is 54.1 Å². The maximum absolute atomic E-state index is 12.4. The minimum absolute atomic E-state index is 0.0600. The van der Waals surface area contributed by atoms with E-state index in [4.69, 9.17) is 0 Å².